The molecule has 0 aromatic heterocycles. The van der Waals surface area contributed by atoms with Crippen molar-refractivity contribution in [3.63, 3.8) is 0 Å². The average molecular weight is 284 g/mol. The summed E-state index contributed by atoms with van der Waals surface area (Å²) < 4.78 is 14.5. The highest BCUT2D eigenvalue weighted by Gasteiger charge is 2.37. The smallest absolute Gasteiger partial charge is 0.128 e. The Balaban J connectivity index is 1.74. The lowest BCUT2D eigenvalue weighted by Crippen LogP contribution is -2.31. The van der Waals surface area contributed by atoms with Crippen LogP contribution in [0.1, 0.15) is 24.8 Å². The van der Waals surface area contributed by atoms with Crippen molar-refractivity contribution in [2.75, 3.05) is 6.54 Å². The molecule has 2 unspecified atom stereocenters. The third kappa shape index (κ3) is 1.91. The first kappa shape index (κ1) is 10.7. The third-order valence-electron chi connectivity index (χ3n) is 3.91. The van der Waals surface area contributed by atoms with Crippen LogP contribution in [0.4, 0.5) is 4.39 Å². The van der Waals surface area contributed by atoms with Gasteiger partial charge >= 0.3 is 0 Å². The molecule has 0 radical (unpaired) electrons. The zero-order chi connectivity index (χ0) is 11.1. The van der Waals surface area contributed by atoms with Crippen molar-refractivity contribution in [1.29, 1.82) is 0 Å². The Kier molecular flexibility index (Phi) is 2.76. The Labute approximate surface area is 104 Å². The van der Waals surface area contributed by atoms with E-state index in [4.69, 9.17) is 0 Å². The van der Waals surface area contributed by atoms with E-state index in [0.29, 0.717) is 6.04 Å². The highest BCUT2D eigenvalue weighted by atomic mass is 79.9. The number of nitrogens with zero attached hydrogens (tertiary/aromatic N) is 1. The molecule has 2 fully saturated rings. The largest absolute Gasteiger partial charge is 0.296 e. The minimum atomic E-state index is -0.0860. The molecule has 1 saturated heterocycles. The lowest BCUT2D eigenvalue weighted by atomic mass is 10.1. The molecular formula is C13H15BrFN. The molecule has 0 spiro atoms. The van der Waals surface area contributed by atoms with Crippen LogP contribution in [0.15, 0.2) is 22.7 Å². The molecule has 86 valence electrons. The summed E-state index contributed by atoms with van der Waals surface area (Å²) in [5.41, 5.74) is 0.829. The lowest BCUT2D eigenvalue weighted by Gasteiger charge is -2.26. The number of likely N-dealkylation sites (tertiary alicyclic amines) is 1. The van der Waals surface area contributed by atoms with E-state index in [9.17, 15) is 4.39 Å². The van der Waals surface area contributed by atoms with E-state index in [1.165, 1.54) is 25.8 Å². The maximum atomic E-state index is 13.7. The normalized spacial score (nSPS) is 28.9. The molecule has 1 aliphatic heterocycles. The van der Waals surface area contributed by atoms with Crippen molar-refractivity contribution in [3.05, 3.63) is 34.1 Å². The van der Waals surface area contributed by atoms with Gasteiger partial charge in [0.15, 0.2) is 0 Å². The van der Waals surface area contributed by atoms with E-state index in [1.54, 1.807) is 6.07 Å². The van der Waals surface area contributed by atoms with Crippen molar-refractivity contribution in [2.24, 2.45) is 5.92 Å². The zero-order valence-electron chi connectivity index (χ0n) is 9.13. The maximum absolute atomic E-state index is 13.7. The van der Waals surface area contributed by atoms with Crippen molar-refractivity contribution in [3.8, 4) is 0 Å². The van der Waals surface area contributed by atoms with Gasteiger partial charge in [0.2, 0.25) is 0 Å². The molecular weight excluding hydrogens is 269 g/mol. The van der Waals surface area contributed by atoms with E-state index in [0.717, 1.165) is 22.5 Å². The van der Waals surface area contributed by atoms with Crippen LogP contribution in [0.2, 0.25) is 0 Å². The van der Waals surface area contributed by atoms with Gasteiger partial charge in [-0.3, -0.25) is 4.90 Å². The van der Waals surface area contributed by atoms with Crippen molar-refractivity contribution < 1.29 is 4.39 Å². The number of hydrogen-bond acceptors (Lipinski definition) is 1. The summed E-state index contributed by atoms with van der Waals surface area (Å²) in [4.78, 5) is 2.44. The molecule has 3 heteroatoms. The van der Waals surface area contributed by atoms with E-state index in [-0.39, 0.29) is 5.82 Å². The fourth-order valence-electron chi connectivity index (χ4n) is 3.09. The standard InChI is InChI=1S/C13H15BrFN/c14-11-3-2-10(13(15)6-11)8-16-7-9-1-4-12(16)5-9/h2-3,6,9,12H,1,4-5,7-8H2. The molecule has 16 heavy (non-hydrogen) atoms. The van der Waals surface area contributed by atoms with Gasteiger partial charge in [0.05, 0.1) is 0 Å². The van der Waals surface area contributed by atoms with Crippen molar-refractivity contribution in [2.45, 2.75) is 31.8 Å². The van der Waals surface area contributed by atoms with Gasteiger partial charge in [-0.1, -0.05) is 22.0 Å². The number of rotatable bonds is 2. The van der Waals surface area contributed by atoms with Crippen LogP contribution in [0.3, 0.4) is 0 Å². The van der Waals surface area contributed by atoms with E-state index in [2.05, 4.69) is 20.8 Å². The number of piperidine rings is 1. The highest BCUT2D eigenvalue weighted by molar-refractivity contribution is 9.10. The first-order valence-corrected chi connectivity index (χ1v) is 6.69. The second-order valence-corrected chi connectivity index (χ2v) is 5.91. The fourth-order valence-corrected chi connectivity index (χ4v) is 3.42. The van der Waals surface area contributed by atoms with Crippen LogP contribution < -0.4 is 0 Å². The number of halogens is 2. The minimum absolute atomic E-state index is 0.0860. The number of hydrogen-bond donors (Lipinski definition) is 0. The summed E-state index contributed by atoms with van der Waals surface area (Å²) in [5.74, 6) is 0.792. The molecule has 2 atom stereocenters. The minimum Gasteiger partial charge on any atom is -0.296 e. The maximum Gasteiger partial charge on any atom is 0.128 e. The van der Waals surface area contributed by atoms with Crippen molar-refractivity contribution >= 4 is 15.9 Å². The Morgan fingerprint density at radius 2 is 2.25 bits per heavy atom. The zero-order valence-corrected chi connectivity index (χ0v) is 10.7. The van der Waals surface area contributed by atoms with Crippen LogP contribution in [0.5, 0.6) is 0 Å². The van der Waals surface area contributed by atoms with Gasteiger partial charge in [-0.05, 0) is 37.3 Å². The van der Waals surface area contributed by atoms with Gasteiger partial charge in [0.25, 0.3) is 0 Å². The van der Waals surface area contributed by atoms with Gasteiger partial charge in [0.1, 0.15) is 5.82 Å². The summed E-state index contributed by atoms with van der Waals surface area (Å²) in [6.07, 6.45) is 4.02. The molecule has 1 heterocycles. The second kappa shape index (κ2) is 4.11. The summed E-state index contributed by atoms with van der Waals surface area (Å²) in [7, 11) is 0. The molecule has 2 bridgehead atoms. The summed E-state index contributed by atoms with van der Waals surface area (Å²) in [6.45, 7) is 1.94. The monoisotopic (exact) mass is 283 g/mol. The SMILES string of the molecule is Fc1cc(Br)ccc1CN1CC2CCC1C2. The molecule has 0 N–H and O–H groups in total. The molecule has 1 nitrogen and oxygen atoms in total. The highest BCUT2D eigenvalue weighted by Crippen LogP contribution is 2.38. The molecule has 3 rings (SSSR count). The Bertz CT molecular complexity index is 407. The van der Waals surface area contributed by atoms with Crippen LogP contribution in [-0.2, 0) is 6.54 Å². The van der Waals surface area contributed by atoms with Gasteiger partial charge in [-0.25, -0.2) is 4.39 Å². The summed E-state index contributed by atoms with van der Waals surface area (Å²) >= 11 is 3.29. The molecule has 1 aliphatic carbocycles. The fraction of sp³-hybridized carbons (Fsp3) is 0.538. The summed E-state index contributed by atoms with van der Waals surface area (Å²) in [6, 6.07) is 6.09. The Hall–Kier alpha value is -0.410. The average Bonchev–Trinajstić information content (AvgIpc) is 2.84. The lowest BCUT2D eigenvalue weighted by molar-refractivity contribution is 0.203. The first-order valence-electron chi connectivity index (χ1n) is 5.90. The van der Waals surface area contributed by atoms with Crippen LogP contribution in [0, 0.1) is 11.7 Å². The van der Waals surface area contributed by atoms with E-state index in [1.807, 2.05) is 12.1 Å². The van der Waals surface area contributed by atoms with Gasteiger partial charge < -0.3 is 0 Å². The van der Waals surface area contributed by atoms with Gasteiger partial charge in [-0.15, -0.1) is 0 Å². The molecule has 0 amide bonds. The summed E-state index contributed by atoms with van der Waals surface area (Å²) in [5, 5.41) is 0. The predicted molar refractivity (Wildman–Crippen MR) is 65.6 cm³/mol. The topological polar surface area (TPSA) is 3.24 Å². The predicted octanol–water partition coefficient (Wildman–Crippen LogP) is 3.57. The van der Waals surface area contributed by atoms with Crippen LogP contribution >= 0.6 is 15.9 Å². The van der Waals surface area contributed by atoms with Gasteiger partial charge in [-0.2, -0.15) is 0 Å². The van der Waals surface area contributed by atoms with Crippen LogP contribution in [-0.4, -0.2) is 17.5 Å². The quantitative estimate of drug-likeness (QED) is 0.802. The third-order valence-corrected chi connectivity index (χ3v) is 4.40. The Morgan fingerprint density at radius 1 is 1.38 bits per heavy atom. The number of fused-ring (bicyclic) bond motifs is 2. The van der Waals surface area contributed by atoms with E-state index >= 15 is 0 Å². The van der Waals surface area contributed by atoms with E-state index < -0.39 is 0 Å². The first-order chi connectivity index (χ1) is 7.72. The Morgan fingerprint density at radius 3 is 2.88 bits per heavy atom. The molecule has 1 saturated carbocycles. The second-order valence-electron chi connectivity index (χ2n) is 5.00. The number of benzene rings is 1. The molecule has 1 aromatic carbocycles. The molecule has 1 aromatic rings. The van der Waals surface area contributed by atoms with Crippen LogP contribution in [0.25, 0.3) is 0 Å². The van der Waals surface area contributed by atoms with Crippen molar-refractivity contribution in [1.82, 2.24) is 4.90 Å². The van der Waals surface area contributed by atoms with Gasteiger partial charge in [0, 0.05) is 29.2 Å². The molecule has 2 aliphatic rings.